The van der Waals surface area contributed by atoms with E-state index in [-0.39, 0.29) is 6.10 Å². The van der Waals surface area contributed by atoms with E-state index in [0.717, 1.165) is 18.6 Å². The average Bonchev–Trinajstić information content (AvgIpc) is 1.78. The Labute approximate surface area is 74.6 Å². The highest BCUT2D eigenvalue weighted by Gasteiger charge is 2.09. The van der Waals surface area contributed by atoms with Gasteiger partial charge in [-0.1, -0.05) is 20.8 Å². The first-order valence-electron chi connectivity index (χ1n) is 4.24. The number of aliphatic hydroxyl groups excluding tert-OH is 1. The van der Waals surface area contributed by atoms with Gasteiger partial charge >= 0.3 is 0 Å². The Kier molecular flexibility index (Phi) is 5.19. The molecule has 0 amide bonds. The molecule has 0 aliphatic heterocycles. The molecule has 1 N–H and O–H groups in total. The quantitative estimate of drug-likeness (QED) is 0.665. The van der Waals surface area contributed by atoms with E-state index in [4.69, 9.17) is 5.11 Å². The van der Waals surface area contributed by atoms with Gasteiger partial charge in [0.2, 0.25) is 0 Å². The molecule has 1 atom stereocenters. The predicted molar refractivity (Wildman–Crippen MR) is 53.1 cm³/mol. The SMILES string of the molecule is CC(O)CCCSC(C)(C)C. The fraction of sp³-hybridized carbons (Fsp3) is 1.00. The smallest absolute Gasteiger partial charge is 0.0512 e. The molecule has 1 unspecified atom stereocenters. The van der Waals surface area contributed by atoms with Gasteiger partial charge in [-0.15, -0.1) is 0 Å². The molecule has 1 nitrogen and oxygen atoms in total. The molecule has 0 aliphatic rings. The maximum Gasteiger partial charge on any atom is 0.0512 e. The van der Waals surface area contributed by atoms with E-state index in [9.17, 15) is 0 Å². The first-order chi connectivity index (χ1) is 4.92. The predicted octanol–water partition coefficient (Wildman–Crippen LogP) is 2.68. The van der Waals surface area contributed by atoms with Crippen molar-refractivity contribution in [1.82, 2.24) is 0 Å². The van der Waals surface area contributed by atoms with Crippen LogP contribution in [0.1, 0.15) is 40.5 Å². The summed E-state index contributed by atoms with van der Waals surface area (Å²) in [4.78, 5) is 0. The largest absolute Gasteiger partial charge is 0.393 e. The lowest BCUT2D eigenvalue weighted by molar-refractivity contribution is 0.184. The van der Waals surface area contributed by atoms with Crippen molar-refractivity contribution in [3.63, 3.8) is 0 Å². The molecule has 11 heavy (non-hydrogen) atoms. The van der Waals surface area contributed by atoms with Gasteiger partial charge in [0.1, 0.15) is 0 Å². The molecule has 0 heterocycles. The van der Waals surface area contributed by atoms with E-state index in [0.29, 0.717) is 4.75 Å². The van der Waals surface area contributed by atoms with Gasteiger partial charge in [-0.3, -0.25) is 0 Å². The molecule has 0 bridgehead atoms. The van der Waals surface area contributed by atoms with Crippen LogP contribution in [0.15, 0.2) is 0 Å². The van der Waals surface area contributed by atoms with Gasteiger partial charge in [-0.25, -0.2) is 0 Å². The summed E-state index contributed by atoms with van der Waals surface area (Å²) < 4.78 is 0.374. The van der Waals surface area contributed by atoms with E-state index < -0.39 is 0 Å². The molecule has 0 spiro atoms. The monoisotopic (exact) mass is 176 g/mol. The third kappa shape index (κ3) is 10.3. The molecule has 0 rings (SSSR count). The van der Waals surface area contributed by atoms with Crippen LogP contribution in [0.25, 0.3) is 0 Å². The standard InChI is InChI=1S/C9H20OS/c1-8(10)6-5-7-11-9(2,3)4/h8,10H,5-7H2,1-4H3. The van der Waals surface area contributed by atoms with Crippen molar-refractivity contribution in [2.24, 2.45) is 0 Å². The minimum absolute atomic E-state index is 0.129. The van der Waals surface area contributed by atoms with Crippen molar-refractivity contribution in [3.05, 3.63) is 0 Å². The van der Waals surface area contributed by atoms with Gasteiger partial charge in [0.05, 0.1) is 6.10 Å². The summed E-state index contributed by atoms with van der Waals surface area (Å²) in [5.41, 5.74) is 0. The number of thioether (sulfide) groups is 1. The van der Waals surface area contributed by atoms with Crippen LogP contribution < -0.4 is 0 Å². The number of hydrogen-bond donors (Lipinski definition) is 1. The van der Waals surface area contributed by atoms with E-state index >= 15 is 0 Å². The van der Waals surface area contributed by atoms with Crippen LogP contribution in [0.4, 0.5) is 0 Å². The summed E-state index contributed by atoms with van der Waals surface area (Å²) in [5, 5.41) is 8.97. The van der Waals surface area contributed by atoms with Crippen LogP contribution in [-0.4, -0.2) is 21.7 Å². The zero-order chi connectivity index (χ0) is 8.91. The van der Waals surface area contributed by atoms with Gasteiger partial charge < -0.3 is 5.11 Å². The number of hydrogen-bond acceptors (Lipinski definition) is 2. The van der Waals surface area contributed by atoms with E-state index in [1.165, 1.54) is 0 Å². The fourth-order valence-corrected chi connectivity index (χ4v) is 1.68. The van der Waals surface area contributed by atoms with E-state index in [2.05, 4.69) is 20.8 Å². The first-order valence-corrected chi connectivity index (χ1v) is 5.22. The molecular weight excluding hydrogens is 156 g/mol. The minimum Gasteiger partial charge on any atom is -0.393 e. The van der Waals surface area contributed by atoms with Crippen LogP contribution in [-0.2, 0) is 0 Å². The Morgan fingerprint density at radius 1 is 1.36 bits per heavy atom. The molecular formula is C9H20OS. The summed E-state index contributed by atoms with van der Waals surface area (Å²) in [6, 6.07) is 0. The highest BCUT2D eigenvalue weighted by Crippen LogP contribution is 2.24. The second kappa shape index (κ2) is 5.04. The lowest BCUT2D eigenvalue weighted by Gasteiger charge is -2.17. The molecule has 68 valence electrons. The van der Waals surface area contributed by atoms with E-state index in [1.807, 2.05) is 18.7 Å². The van der Waals surface area contributed by atoms with Gasteiger partial charge in [0, 0.05) is 4.75 Å². The normalized spacial score (nSPS) is 15.0. The van der Waals surface area contributed by atoms with Crippen molar-refractivity contribution in [2.75, 3.05) is 5.75 Å². The molecule has 0 radical (unpaired) electrons. The summed E-state index contributed by atoms with van der Waals surface area (Å²) in [5.74, 6) is 1.16. The van der Waals surface area contributed by atoms with Crippen LogP contribution in [0.3, 0.4) is 0 Å². The fourth-order valence-electron chi connectivity index (χ4n) is 0.757. The maximum atomic E-state index is 8.97. The van der Waals surface area contributed by atoms with Gasteiger partial charge in [-0.05, 0) is 25.5 Å². The number of aliphatic hydroxyl groups is 1. The Hall–Kier alpha value is 0.310. The Balaban J connectivity index is 3.15. The average molecular weight is 176 g/mol. The van der Waals surface area contributed by atoms with Crippen molar-refractivity contribution in [3.8, 4) is 0 Å². The first kappa shape index (κ1) is 11.3. The van der Waals surface area contributed by atoms with E-state index in [1.54, 1.807) is 0 Å². The van der Waals surface area contributed by atoms with Crippen LogP contribution in [0, 0.1) is 0 Å². The topological polar surface area (TPSA) is 20.2 Å². The second-order valence-electron chi connectivity index (χ2n) is 3.95. The van der Waals surface area contributed by atoms with Crippen LogP contribution >= 0.6 is 11.8 Å². The van der Waals surface area contributed by atoms with Crippen molar-refractivity contribution < 1.29 is 5.11 Å². The van der Waals surface area contributed by atoms with Gasteiger partial charge in [0.25, 0.3) is 0 Å². The maximum absolute atomic E-state index is 8.97. The summed E-state index contributed by atoms with van der Waals surface area (Å²) in [6.07, 6.45) is 1.93. The third-order valence-electron chi connectivity index (χ3n) is 1.30. The molecule has 0 saturated heterocycles. The van der Waals surface area contributed by atoms with Gasteiger partial charge in [0.15, 0.2) is 0 Å². The Morgan fingerprint density at radius 2 is 1.91 bits per heavy atom. The molecule has 0 fully saturated rings. The van der Waals surface area contributed by atoms with Crippen LogP contribution in [0.5, 0.6) is 0 Å². The zero-order valence-electron chi connectivity index (χ0n) is 8.05. The number of rotatable bonds is 4. The molecule has 0 saturated carbocycles. The summed E-state index contributed by atoms with van der Waals surface area (Å²) >= 11 is 1.96. The summed E-state index contributed by atoms with van der Waals surface area (Å²) in [6.45, 7) is 8.52. The van der Waals surface area contributed by atoms with Gasteiger partial charge in [-0.2, -0.15) is 11.8 Å². The lowest BCUT2D eigenvalue weighted by Crippen LogP contribution is -2.09. The van der Waals surface area contributed by atoms with Crippen molar-refractivity contribution >= 4 is 11.8 Å². The molecule has 0 aromatic heterocycles. The minimum atomic E-state index is -0.129. The Morgan fingerprint density at radius 3 is 2.27 bits per heavy atom. The highest BCUT2D eigenvalue weighted by atomic mass is 32.2. The third-order valence-corrected chi connectivity index (χ3v) is 2.66. The van der Waals surface area contributed by atoms with Crippen molar-refractivity contribution in [1.29, 1.82) is 0 Å². The summed E-state index contributed by atoms with van der Waals surface area (Å²) in [7, 11) is 0. The highest BCUT2D eigenvalue weighted by molar-refractivity contribution is 8.00. The van der Waals surface area contributed by atoms with Crippen LogP contribution in [0.2, 0.25) is 0 Å². The molecule has 2 heteroatoms. The molecule has 0 aliphatic carbocycles. The second-order valence-corrected chi connectivity index (χ2v) is 5.87. The Bertz CT molecular complexity index is 94.2. The molecule has 0 aromatic rings. The van der Waals surface area contributed by atoms with Crippen molar-refractivity contribution in [2.45, 2.75) is 51.4 Å². The zero-order valence-corrected chi connectivity index (χ0v) is 8.87. The lowest BCUT2D eigenvalue weighted by atomic mass is 10.2. The molecule has 0 aromatic carbocycles.